The monoisotopic (exact) mass is 567 g/mol. The van der Waals surface area contributed by atoms with Gasteiger partial charge >= 0.3 is 0 Å². The molecule has 0 fully saturated rings. The molecule has 0 bridgehead atoms. The number of carbonyl (C=O) groups is 1. The molecule has 6 aromatic rings. The van der Waals surface area contributed by atoms with Crippen LogP contribution in [0.1, 0.15) is 28.9 Å². The first-order valence-corrected chi connectivity index (χ1v) is 13.2. The van der Waals surface area contributed by atoms with Crippen molar-refractivity contribution in [2.45, 2.75) is 27.3 Å². The third-order valence-corrected chi connectivity index (χ3v) is 7.08. The second-order valence-electron chi connectivity index (χ2n) is 9.77. The van der Waals surface area contributed by atoms with E-state index >= 15 is 4.39 Å². The molecule has 2 aromatic carbocycles. The summed E-state index contributed by atoms with van der Waals surface area (Å²) in [6.45, 7) is 5.57. The Labute approximate surface area is 237 Å². The molecule has 0 unspecified atom stereocenters. The number of aryl methyl sites for hydroxylation is 4. The van der Waals surface area contributed by atoms with E-state index in [0.29, 0.717) is 51.5 Å². The fraction of sp³-hybridized carbons (Fsp3) is 0.167. The van der Waals surface area contributed by atoms with Crippen LogP contribution in [0.3, 0.4) is 0 Å². The van der Waals surface area contributed by atoms with E-state index in [1.807, 2.05) is 6.92 Å². The predicted octanol–water partition coefficient (Wildman–Crippen LogP) is 4.56. The highest BCUT2D eigenvalue weighted by Gasteiger charge is 2.24. The van der Waals surface area contributed by atoms with E-state index in [4.69, 9.17) is 4.52 Å². The average Bonchev–Trinajstić information content (AvgIpc) is 3.67. The third-order valence-electron chi connectivity index (χ3n) is 7.08. The summed E-state index contributed by atoms with van der Waals surface area (Å²) in [6.07, 6.45) is 3.09. The van der Waals surface area contributed by atoms with Crippen molar-refractivity contribution in [3.05, 3.63) is 105 Å². The zero-order valence-corrected chi connectivity index (χ0v) is 23.2. The van der Waals surface area contributed by atoms with Gasteiger partial charge in [0.1, 0.15) is 17.1 Å². The summed E-state index contributed by atoms with van der Waals surface area (Å²) in [4.78, 5) is 51.3. The van der Waals surface area contributed by atoms with Gasteiger partial charge in [0, 0.05) is 31.7 Å². The van der Waals surface area contributed by atoms with Crippen molar-refractivity contribution in [2.75, 3.05) is 5.32 Å². The molecule has 0 saturated carbocycles. The molecule has 1 amide bonds. The molecule has 0 saturated heterocycles. The maximum absolute atomic E-state index is 15.4. The molecule has 42 heavy (non-hydrogen) atoms. The Morgan fingerprint density at radius 1 is 1.10 bits per heavy atom. The first-order valence-electron chi connectivity index (χ1n) is 13.2. The van der Waals surface area contributed by atoms with E-state index in [2.05, 4.69) is 20.3 Å². The lowest BCUT2D eigenvalue weighted by Gasteiger charge is -2.13. The number of anilines is 1. The van der Waals surface area contributed by atoms with E-state index in [1.165, 1.54) is 21.7 Å². The summed E-state index contributed by atoms with van der Waals surface area (Å²) in [5, 5.41) is 2.92. The lowest BCUT2D eigenvalue weighted by molar-refractivity contribution is 0.102. The molecule has 0 aliphatic carbocycles. The third kappa shape index (κ3) is 4.24. The van der Waals surface area contributed by atoms with Crippen LogP contribution in [0.2, 0.25) is 0 Å². The van der Waals surface area contributed by atoms with Crippen molar-refractivity contribution in [1.82, 2.24) is 29.1 Å². The van der Waals surface area contributed by atoms with Gasteiger partial charge in [0.15, 0.2) is 11.5 Å². The largest absolute Gasteiger partial charge is 0.381 e. The lowest BCUT2D eigenvalue weighted by Crippen LogP contribution is -2.21. The summed E-state index contributed by atoms with van der Waals surface area (Å²) in [7, 11) is 1.54. The lowest BCUT2D eigenvalue weighted by atomic mass is 10.1. The first-order chi connectivity index (χ1) is 20.2. The molecule has 0 radical (unpaired) electrons. The van der Waals surface area contributed by atoms with Gasteiger partial charge in [-0.3, -0.25) is 19.1 Å². The summed E-state index contributed by atoms with van der Waals surface area (Å²) in [5.74, 6) is -0.512. The van der Waals surface area contributed by atoms with Gasteiger partial charge in [-0.1, -0.05) is 18.2 Å². The Morgan fingerprint density at radius 3 is 2.50 bits per heavy atom. The highest BCUT2D eigenvalue weighted by atomic mass is 19.1. The summed E-state index contributed by atoms with van der Waals surface area (Å²) < 4.78 is 25.1. The molecule has 0 atom stereocenters. The van der Waals surface area contributed by atoms with Gasteiger partial charge in [0.25, 0.3) is 17.0 Å². The first kappa shape index (κ1) is 26.7. The summed E-state index contributed by atoms with van der Waals surface area (Å²) in [5.41, 5.74) is 1.91. The van der Waals surface area contributed by atoms with Crippen molar-refractivity contribution >= 4 is 22.5 Å². The molecule has 6 rings (SSSR count). The number of rotatable bonds is 6. The number of benzene rings is 2. The molecule has 12 heteroatoms. The summed E-state index contributed by atoms with van der Waals surface area (Å²) >= 11 is 0. The molecule has 4 aromatic heterocycles. The Balaban J connectivity index is 1.44. The van der Waals surface area contributed by atoms with E-state index in [9.17, 15) is 14.4 Å². The second kappa shape index (κ2) is 10.1. The van der Waals surface area contributed by atoms with Crippen molar-refractivity contribution in [3.63, 3.8) is 0 Å². The van der Waals surface area contributed by atoms with E-state index in [1.54, 1.807) is 74.2 Å². The van der Waals surface area contributed by atoms with Crippen LogP contribution in [0.5, 0.6) is 0 Å². The van der Waals surface area contributed by atoms with Crippen LogP contribution in [0.15, 0.2) is 75.0 Å². The number of carbonyl (C=O) groups excluding carboxylic acids is 1. The molecular formula is C30H26FN7O4. The fourth-order valence-electron chi connectivity index (χ4n) is 5.23. The van der Waals surface area contributed by atoms with Gasteiger partial charge in [-0.05, 0) is 56.7 Å². The maximum Gasteiger partial charge on any atom is 0.290 e. The van der Waals surface area contributed by atoms with Gasteiger partial charge in [0.2, 0.25) is 0 Å². The van der Waals surface area contributed by atoms with Crippen LogP contribution in [-0.2, 0) is 13.6 Å². The topological polar surface area (TPSA) is 133 Å². The Hall–Kier alpha value is -5.52. The smallest absolute Gasteiger partial charge is 0.290 e. The van der Waals surface area contributed by atoms with Crippen molar-refractivity contribution in [3.8, 4) is 28.2 Å². The number of nitrogens with one attached hydrogen (secondary N) is 2. The zero-order chi connectivity index (χ0) is 29.7. The number of nitrogens with zero attached hydrogens (tertiary/aromatic N) is 5. The van der Waals surface area contributed by atoms with Gasteiger partial charge in [-0.25, -0.2) is 19.0 Å². The van der Waals surface area contributed by atoms with Crippen molar-refractivity contribution in [2.24, 2.45) is 7.05 Å². The molecule has 212 valence electrons. The van der Waals surface area contributed by atoms with Gasteiger partial charge < -0.3 is 14.8 Å². The van der Waals surface area contributed by atoms with Crippen molar-refractivity contribution in [1.29, 1.82) is 0 Å². The predicted molar refractivity (Wildman–Crippen MR) is 155 cm³/mol. The molecule has 0 aliphatic heterocycles. The minimum Gasteiger partial charge on any atom is -0.381 e. The molecule has 0 aliphatic rings. The number of hydrogen-bond donors (Lipinski definition) is 2. The van der Waals surface area contributed by atoms with Crippen LogP contribution in [0.4, 0.5) is 10.1 Å². The number of aromatic nitrogens is 6. The number of pyridine rings is 1. The Morgan fingerprint density at radius 2 is 1.86 bits per heavy atom. The van der Waals surface area contributed by atoms with E-state index in [0.717, 1.165) is 0 Å². The maximum atomic E-state index is 15.4. The number of imidazole rings is 1. The average molecular weight is 568 g/mol. The second-order valence-corrected chi connectivity index (χ2v) is 9.77. The molecule has 4 heterocycles. The highest BCUT2D eigenvalue weighted by molar-refractivity contribution is 6.10. The Kier molecular flexibility index (Phi) is 6.45. The minimum atomic E-state index is -0.667. The van der Waals surface area contributed by atoms with E-state index < -0.39 is 11.7 Å². The molecule has 2 N–H and O–H groups in total. The van der Waals surface area contributed by atoms with Crippen LogP contribution in [0, 0.1) is 19.7 Å². The SMILES string of the molecule is CCn1c2c(C(=O)Nc3cccc(-c4ncc[nH]4)c3F)nc(C)cc2c(=O)n1-c1ccc(-c2c(C)on(C)c2=O)cc1. The Bertz CT molecular complexity index is 2100. The standard InChI is InChI=1S/C30H26FN7O4/c1-5-37-26-21(29(40)38(37)19-11-9-18(10-12-19)23-17(3)42-36(4)30(23)41)15-16(2)34-25(26)28(39)35-22-8-6-7-20(24(22)31)27-32-13-14-33-27/h6-15H,5H2,1-4H3,(H,32,33)(H,35,39). The number of hydrogen-bond acceptors (Lipinski definition) is 6. The van der Waals surface area contributed by atoms with Gasteiger partial charge in [-0.2, -0.15) is 4.74 Å². The normalized spacial score (nSPS) is 11.4. The number of fused-ring (bicyclic) bond motifs is 1. The zero-order valence-electron chi connectivity index (χ0n) is 23.2. The molecule has 0 spiro atoms. The number of aromatic amines is 1. The number of halogens is 1. The van der Waals surface area contributed by atoms with Crippen LogP contribution >= 0.6 is 0 Å². The van der Waals surface area contributed by atoms with Crippen LogP contribution < -0.4 is 16.4 Å². The summed E-state index contributed by atoms with van der Waals surface area (Å²) in [6, 6.07) is 13.2. The van der Waals surface area contributed by atoms with E-state index in [-0.39, 0.29) is 28.1 Å². The van der Waals surface area contributed by atoms with Gasteiger partial charge in [-0.15, -0.1) is 0 Å². The highest BCUT2D eigenvalue weighted by Crippen LogP contribution is 2.27. The number of H-pyrrole nitrogens is 1. The van der Waals surface area contributed by atoms with Crippen LogP contribution in [0.25, 0.3) is 39.1 Å². The van der Waals surface area contributed by atoms with Crippen LogP contribution in [-0.4, -0.2) is 35.0 Å². The quantitative estimate of drug-likeness (QED) is 0.303. The minimum absolute atomic E-state index is 0.0142. The molecule has 11 nitrogen and oxygen atoms in total. The molecular weight excluding hydrogens is 541 g/mol. The van der Waals surface area contributed by atoms with Gasteiger partial charge in [0.05, 0.1) is 27.9 Å². The fourth-order valence-corrected chi connectivity index (χ4v) is 5.23. The number of amides is 1. The van der Waals surface area contributed by atoms with Crippen molar-refractivity contribution < 1.29 is 13.7 Å².